The highest BCUT2D eigenvalue weighted by atomic mass is 35.5. The van der Waals surface area contributed by atoms with Crippen LogP contribution in [0, 0.1) is 5.92 Å². The lowest BCUT2D eigenvalue weighted by atomic mass is 10.0. The molecule has 0 atom stereocenters. The molecule has 16 heavy (non-hydrogen) atoms. The molecule has 0 radical (unpaired) electrons. The number of carbonyl (C=O) groups is 1. The summed E-state index contributed by atoms with van der Waals surface area (Å²) in [6, 6.07) is 0.464. The zero-order valence-electron chi connectivity index (χ0n) is 10.7. The predicted molar refractivity (Wildman–Crippen MR) is 70.0 cm³/mol. The van der Waals surface area contributed by atoms with Gasteiger partial charge in [-0.25, -0.2) is 0 Å². The summed E-state index contributed by atoms with van der Waals surface area (Å²) in [5.74, 6) is 0.936. The van der Waals surface area contributed by atoms with E-state index in [1.54, 1.807) is 0 Å². The van der Waals surface area contributed by atoms with Crippen molar-refractivity contribution >= 4 is 18.3 Å². The van der Waals surface area contributed by atoms with Gasteiger partial charge < -0.3 is 10.2 Å². The number of halogens is 1. The number of nitrogens with zero attached hydrogens (tertiary/aromatic N) is 1. The number of hydrogen-bond donors (Lipinski definition) is 1. The van der Waals surface area contributed by atoms with Gasteiger partial charge in [0.05, 0.1) is 0 Å². The largest absolute Gasteiger partial charge is 0.343 e. The average molecular weight is 249 g/mol. The topological polar surface area (TPSA) is 32.3 Å². The molecule has 4 heteroatoms. The van der Waals surface area contributed by atoms with E-state index in [9.17, 15) is 4.79 Å². The fraction of sp³-hybridized carbons (Fsp3) is 0.917. The second kappa shape index (κ2) is 7.91. The molecule has 0 spiro atoms. The van der Waals surface area contributed by atoms with Crippen molar-refractivity contribution in [3.05, 3.63) is 0 Å². The van der Waals surface area contributed by atoms with E-state index >= 15 is 0 Å². The average Bonchev–Trinajstić information content (AvgIpc) is 2.26. The molecule has 0 bridgehead atoms. The van der Waals surface area contributed by atoms with Crippen molar-refractivity contribution in [1.29, 1.82) is 0 Å². The van der Waals surface area contributed by atoms with Crippen LogP contribution in [0.25, 0.3) is 0 Å². The van der Waals surface area contributed by atoms with E-state index in [1.807, 2.05) is 11.9 Å². The summed E-state index contributed by atoms with van der Waals surface area (Å²) in [5, 5.41) is 3.32. The minimum Gasteiger partial charge on any atom is -0.343 e. The predicted octanol–water partition coefficient (Wildman–Crippen LogP) is 2.05. The van der Waals surface area contributed by atoms with Crippen molar-refractivity contribution in [2.24, 2.45) is 5.92 Å². The molecule has 0 aliphatic carbocycles. The van der Waals surface area contributed by atoms with Crippen LogP contribution in [-0.2, 0) is 4.79 Å². The summed E-state index contributed by atoms with van der Waals surface area (Å²) >= 11 is 0. The first kappa shape index (κ1) is 15.7. The second-order valence-electron chi connectivity index (χ2n) is 4.92. The van der Waals surface area contributed by atoms with Gasteiger partial charge in [-0.05, 0) is 38.3 Å². The van der Waals surface area contributed by atoms with Crippen molar-refractivity contribution < 1.29 is 4.79 Å². The van der Waals surface area contributed by atoms with Crippen LogP contribution in [0.4, 0.5) is 0 Å². The Labute approximate surface area is 105 Å². The lowest BCUT2D eigenvalue weighted by Gasteiger charge is -2.31. The van der Waals surface area contributed by atoms with E-state index in [-0.39, 0.29) is 12.4 Å². The fourth-order valence-corrected chi connectivity index (χ4v) is 1.99. The smallest absolute Gasteiger partial charge is 0.222 e. The zero-order valence-corrected chi connectivity index (χ0v) is 11.5. The third kappa shape index (κ3) is 5.17. The molecule has 0 aromatic heterocycles. The zero-order chi connectivity index (χ0) is 11.3. The molecule has 0 aromatic carbocycles. The van der Waals surface area contributed by atoms with Crippen LogP contribution in [0.2, 0.25) is 0 Å². The van der Waals surface area contributed by atoms with Gasteiger partial charge in [-0.3, -0.25) is 4.79 Å². The van der Waals surface area contributed by atoms with Gasteiger partial charge >= 0.3 is 0 Å². The molecule has 1 amide bonds. The Hall–Kier alpha value is -0.280. The van der Waals surface area contributed by atoms with E-state index in [0.29, 0.717) is 24.3 Å². The molecule has 1 aliphatic rings. The molecule has 0 unspecified atom stereocenters. The highest BCUT2D eigenvalue weighted by Gasteiger charge is 2.21. The molecular weight excluding hydrogens is 224 g/mol. The number of hydrogen-bond acceptors (Lipinski definition) is 2. The SMILES string of the molecule is CC(C)CCC(=O)N(C)C1CCNCC1.Cl. The van der Waals surface area contributed by atoms with Crippen LogP contribution >= 0.6 is 12.4 Å². The number of rotatable bonds is 4. The van der Waals surface area contributed by atoms with Gasteiger partial charge in [0.1, 0.15) is 0 Å². The van der Waals surface area contributed by atoms with Gasteiger partial charge in [0, 0.05) is 19.5 Å². The highest BCUT2D eigenvalue weighted by molar-refractivity contribution is 5.85. The second-order valence-corrected chi connectivity index (χ2v) is 4.92. The molecule has 0 aromatic rings. The van der Waals surface area contributed by atoms with Crippen molar-refractivity contribution in [3.63, 3.8) is 0 Å². The summed E-state index contributed by atoms with van der Waals surface area (Å²) in [6.07, 6.45) is 3.92. The molecule has 96 valence electrons. The van der Waals surface area contributed by atoms with Crippen LogP contribution in [0.5, 0.6) is 0 Å². The first-order chi connectivity index (χ1) is 7.11. The van der Waals surface area contributed by atoms with Gasteiger partial charge in [0.25, 0.3) is 0 Å². The number of piperidine rings is 1. The summed E-state index contributed by atoms with van der Waals surface area (Å²) in [5.41, 5.74) is 0. The Kier molecular flexibility index (Phi) is 7.77. The maximum atomic E-state index is 11.9. The van der Waals surface area contributed by atoms with Crippen LogP contribution in [0.3, 0.4) is 0 Å². The van der Waals surface area contributed by atoms with E-state index in [2.05, 4.69) is 19.2 Å². The van der Waals surface area contributed by atoms with Crippen molar-refractivity contribution in [2.45, 2.75) is 45.6 Å². The van der Waals surface area contributed by atoms with Gasteiger partial charge in [-0.15, -0.1) is 12.4 Å². The monoisotopic (exact) mass is 248 g/mol. The summed E-state index contributed by atoms with van der Waals surface area (Å²) in [7, 11) is 1.96. The maximum absolute atomic E-state index is 11.9. The molecule has 1 aliphatic heterocycles. The van der Waals surface area contributed by atoms with Crippen molar-refractivity contribution in [3.8, 4) is 0 Å². The number of carbonyl (C=O) groups excluding carboxylic acids is 1. The molecule has 1 fully saturated rings. The number of amides is 1. The minimum absolute atomic E-state index is 0. The minimum atomic E-state index is 0. The Balaban J connectivity index is 0.00000225. The van der Waals surface area contributed by atoms with Crippen LogP contribution in [0.1, 0.15) is 39.5 Å². The van der Waals surface area contributed by atoms with Crippen LogP contribution < -0.4 is 5.32 Å². The number of nitrogens with one attached hydrogen (secondary N) is 1. The fourth-order valence-electron chi connectivity index (χ4n) is 1.99. The third-order valence-corrected chi connectivity index (χ3v) is 3.19. The quantitative estimate of drug-likeness (QED) is 0.826. The van der Waals surface area contributed by atoms with Gasteiger partial charge in [0.2, 0.25) is 5.91 Å². The normalized spacial score (nSPS) is 17.0. The van der Waals surface area contributed by atoms with Gasteiger partial charge in [-0.1, -0.05) is 13.8 Å². The molecule has 1 heterocycles. The summed E-state index contributed by atoms with van der Waals surface area (Å²) in [6.45, 7) is 6.43. The Bertz CT molecular complexity index is 203. The Morgan fingerprint density at radius 2 is 1.94 bits per heavy atom. The van der Waals surface area contributed by atoms with Crippen molar-refractivity contribution in [2.75, 3.05) is 20.1 Å². The first-order valence-electron chi connectivity index (χ1n) is 6.07. The molecule has 1 saturated heterocycles. The standard InChI is InChI=1S/C12H24N2O.ClH/c1-10(2)4-5-12(15)14(3)11-6-8-13-9-7-11;/h10-11,13H,4-9H2,1-3H3;1H. The molecule has 1 N–H and O–H groups in total. The van der Waals surface area contributed by atoms with E-state index in [0.717, 1.165) is 32.4 Å². The van der Waals surface area contributed by atoms with E-state index in [4.69, 9.17) is 0 Å². The molecular formula is C12H25ClN2O. The maximum Gasteiger partial charge on any atom is 0.222 e. The lowest BCUT2D eigenvalue weighted by Crippen LogP contribution is -2.43. The molecule has 3 nitrogen and oxygen atoms in total. The first-order valence-corrected chi connectivity index (χ1v) is 6.07. The summed E-state index contributed by atoms with van der Waals surface area (Å²) in [4.78, 5) is 13.8. The third-order valence-electron chi connectivity index (χ3n) is 3.19. The van der Waals surface area contributed by atoms with Crippen LogP contribution in [-0.4, -0.2) is 37.0 Å². The van der Waals surface area contributed by atoms with Gasteiger partial charge in [0.15, 0.2) is 0 Å². The van der Waals surface area contributed by atoms with Crippen molar-refractivity contribution in [1.82, 2.24) is 10.2 Å². The van der Waals surface area contributed by atoms with Crippen LogP contribution in [0.15, 0.2) is 0 Å². The lowest BCUT2D eigenvalue weighted by molar-refractivity contribution is -0.132. The van der Waals surface area contributed by atoms with E-state index < -0.39 is 0 Å². The molecule has 1 rings (SSSR count). The van der Waals surface area contributed by atoms with E-state index in [1.165, 1.54) is 0 Å². The Morgan fingerprint density at radius 1 is 1.38 bits per heavy atom. The highest BCUT2D eigenvalue weighted by Crippen LogP contribution is 2.13. The Morgan fingerprint density at radius 3 is 2.44 bits per heavy atom. The summed E-state index contributed by atoms with van der Waals surface area (Å²) < 4.78 is 0. The van der Waals surface area contributed by atoms with Gasteiger partial charge in [-0.2, -0.15) is 0 Å². The molecule has 0 saturated carbocycles.